The Hall–Kier alpha value is -4.28. The molecule has 0 fully saturated rings. The van der Waals surface area contributed by atoms with Crippen LogP contribution < -0.4 is 15.4 Å². The van der Waals surface area contributed by atoms with E-state index < -0.39 is 17.8 Å². The third-order valence-corrected chi connectivity index (χ3v) is 4.35. The van der Waals surface area contributed by atoms with Gasteiger partial charge in [-0.1, -0.05) is 0 Å². The molecule has 2 aromatic carbocycles. The summed E-state index contributed by atoms with van der Waals surface area (Å²) in [5.41, 5.74) is 1.66. The maximum absolute atomic E-state index is 12.4. The smallest absolute Gasteiger partial charge is 0.415 e. The molecule has 3 rings (SSSR count). The number of aromatic nitrogens is 4. The quantitative estimate of drug-likeness (QED) is 0.555. The summed E-state index contributed by atoms with van der Waals surface area (Å²) in [7, 11) is 3.39. The van der Waals surface area contributed by atoms with E-state index >= 15 is 0 Å². The summed E-state index contributed by atoms with van der Waals surface area (Å²) in [6.45, 7) is 5.40. The van der Waals surface area contributed by atoms with Crippen LogP contribution in [0, 0.1) is 0 Å². The average molecular weight is 466 g/mol. The van der Waals surface area contributed by atoms with Crippen LogP contribution in [0.3, 0.4) is 0 Å². The number of nitrogens with one attached hydrogen (secondary N) is 2. The molecule has 0 spiro atoms. The molecule has 0 unspecified atom stereocenters. The highest BCUT2D eigenvalue weighted by Gasteiger charge is 2.17. The lowest BCUT2D eigenvalue weighted by Crippen LogP contribution is -2.30. The fourth-order valence-electron chi connectivity index (χ4n) is 2.70. The summed E-state index contributed by atoms with van der Waals surface area (Å²) < 4.78 is 10.5. The number of carbonyl (C=O) groups is 2. The normalized spacial score (nSPS) is 10.9. The lowest BCUT2D eigenvalue weighted by Gasteiger charge is -2.19. The first-order chi connectivity index (χ1) is 16.1. The van der Waals surface area contributed by atoms with Crippen LogP contribution in [0.2, 0.25) is 0 Å². The lowest BCUT2D eigenvalue weighted by molar-refractivity contribution is 0.0636. The minimum atomic E-state index is -0.608. The Balaban J connectivity index is 1.52. The third kappa shape index (κ3) is 7.12. The Bertz CT molecular complexity index is 1110. The van der Waals surface area contributed by atoms with Gasteiger partial charge in [-0.15, -0.1) is 20.4 Å². The molecule has 0 bridgehead atoms. The highest BCUT2D eigenvalue weighted by atomic mass is 16.6. The zero-order valence-corrected chi connectivity index (χ0v) is 19.7. The zero-order chi connectivity index (χ0) is 24.7. The Morgan fingerprint density at radius 3 is 2.06 bits per heavy atom. The molecule has 2 N–H and O–H groups in total. The van der Waals surface area contributed by atoms with E-state index in [0.717, 1.165) is 11.3 Å². The SMILES string of the molecule is CNc1ccc(-c2nnc(CN(C)C(=O)Oc3ccc(NC(=O)OC(C)(C)C)cc3)nn2)cc1. The minimum Gasteiger partial charge on any atom is -0.444 e. The van der Waals surface area contributed by atoms with Crippen LogP contribution in [-0.4, -0.2) is 57.2 Å². The topological polar surface area (TPSA) is 131 Å². The van der Waals surface area contributed by atoms with Gasteiger partial charge in [0.15, 0.2) is 5.82 Å². The summed E-state index contributed by atoms with van der Waals surface area (Å²) in [6, 6.07) is 13.9. The predicted octanol–water partition coefficient (Wildman–Crippen LogP) is 3.95. The second kappa shape index (κ2) is 10.6. The van der Waals surface area contributed by atoms with E-state index in [4.69, 9.17) is 9.47 Å². The summed E-state index contributed by atoms with van der Waals surface area (Å²) in [6.07, 6.45) is -1.18. The van der Waals surface area contributed by atoms with Crippen LogP contribution in [0.1, 0.15) is 26.6 Å². The van der Waals surface area contributed by atoms with Gasteiger partial charge in [-0.25, -0.2) is 9.59 Å². The fraction of sp³-hybridized carbons (Fsp3) is 0.304. The first kappa shape index (κ1) is 24.4. The van der Waals surface area contributed by atoms with Crippen LogP contribution in [0.4, 0.5) is 21.0 Å². The number of amides is 2. The second-order valence-electron chi connectivity index (χ2n) is 8.34. The van der Waals surface area contributed by atoms with Crippen molar-refractivity contribution in [3.8, 4) is 17.1 Å². The van der Waals surface area contributed by atoms with Crippen molar-refractivity contribution in [2.24, 2.45) is 0 Å². The Morgan fingerprint density at radius 2 is 1.50 bits per heavy atom. The first-order valence-corrected chi connectivity index (χ1v) is 10.5. The van der Waals surface area contributed by atoms with E-state index in [-0.39, 0.29) is 12.4 Å². The van der Waals surface area contributed by atoms with Gasteiger partial charge in [-0.2, -0.15) is 0 Å². The van der Waals surface area contributed by atoms with E-state index in [1.54, 1.807) is 52.1 Å². The van der Waals surface area contributed by atoms with Crippen LogP contribution in [0.15, 0.2) is 48.5 Å². The molecule has 34 heavy (non-hydrogen) atoms. The maximum Gasteiger partial charge on any atom is 0.415 e. The predicted molar refractivity (Wildman–Crippen MR) is 126 cm³/mol. The van der Waals surface area contributed by atoms with Crippen molar-refractivity contribution >= 4 is 23.6 Å². The van der Waals surface area contributed by atoms with Crippen molar-refractivity contribution in [3.63, 3.8) is 0 Å². The van der Waals surface area contributed by atoms with Crippen molar-refractivity contribution in [2.45, 2.75) is 32.9 Å². The van der Waals surface area contributed by atoms with Crippen LogP contribution >= 0.6 is 0 Å². The summed E-state index contributed by atoms with van der Waals surface area (Å²) in [4.78, 5) is 25.5. The van der Waals surface area contributed by atoms with E-state index in [9.17, 15) is 9.59 Å². The molecule has 11 heteroatoms. The molecule has 0 aliphatic heterocycles. The van der Waals surface area contributed by atoms with Gasteiger partial charge in [0.25, 0.3) is 0 Å². The van der Waals surface area contributed by atoms with Crippen LogP contribution in [0.5, 0.6) is 5.75 Å². The van der Waals surface area contributed by atoms with Gasteiger partial charge in [-0.05, 0) is 69.3 Å². The van der Waals surface area contributed by atoms with Gasteiger partial charge in [0.1, 0.15) is 11.4 Å². The highest BCUT2D eigenvalue weighted by molar-refractivity contribution is 5.85. The summed E-state index contributed by atoms with van der Waals surface area (Å²) in [5, 5.41) is 21.9. The van der Waals surface area contributed by atoms with Gasteiger partial charge >= 0.3 is 12.2 Å². The lowest BCUT2D eigenvalue weighted by atomic mass is 10.2. The second-order valence-corrected chi connectivity index (χ2v) is 8.34. The van der Waals surface area contributed by atoms with Crippen molar-refractivity contribution < 1.29 is 19.1 Å². The number of rotatable bonds is 6. The summed E-state index contributed by atoms with van der Waals surface area (Å²) in [5.74, 6) is 0.966. The molecular weight excluding hydrogens is 438 g/mol. The molecule has 178 valence electrons. The van der Waals surface area contributed by atoms with Gasteiger partial charge in [0, 0.05) is 31.0 Å². The van der Waals surface area contributed by atoms with Gasteiger partial charge in [-0.3, -0.25) is 5.32 Å². The number of hydrogen-bond acceptors (Lipinski definition) is 9. The Kier molecular flexibility index (Phi) is 7.57. The Morgan fingerprint density at radius 1 is 0.912 bits per heavy atom. The molecular formula is C23H27N7O4. The van der Waals surface area contributed by atoms with Crippen LogP contribution in [0.25, 0.3) is 11.4 Å². The number of carbonyl (C=O) groups excluding carboxylic acids is 2. The van der Waals surface area contributed by atoms with Gasteiger partial charge < -0.3 is 19.7 Å². The molecule has 0 saturated heterocycles. The van der Waals surface area contributed by atoms with Crippen molar-refractivity contribution in [1.29, 1.82) is 0 Å². The molecule has 1 aromatic heterocycles. The highest BCUT2D eigenvalue weighted by Crippen LogP contribution is 2.19. The monoisotopic (exact) mass is 465 g/mol. The van der Waals surface area contributed by atoms with E-state index in [1.165, 1.54) is 4.90 Å². The molecule has 0 saturated carbocycles. The largest absolute Gasteiger partial charge is 0.444 e. The third-order valence-electron chi connectivity index (χ3n) is 4.35. The fourth-order valence-corrected chi connectivity index (χ4v) is 2.70. The Labute approximate surface area is 197 Å². The molecule has 0 atom stereocenters. The van der Waals surface area contributed by atoms with Crippen molar-refractivity contribution in [3.05, 3.63) is 54.4 Å². The molecule has 11 nitrogen and oxygen atoms in total. The number of ether oxygens (including phenoxy) is 2. The van der Waals surface area contributed by atoms with Crippen LogP contribution in [-0.2, 0) is 11.3 Å². The van der Waals surface area contributed by atoms with Gasteiger partial charge in [0.2, 0.25) is 5.82 Å². The maximum atomic E-state index is 12.4. The standard InChI is InChI=1S/C23H27N7O4/c1-23(2,3)34-21(31)25-17-10-12-18(13-11-17)33-22(32)30(5)14-19-26-28-20(29-27-19)15-6-8-16(24-4)9-7-15/h6-13,24H,14H2,1-5H3,(H,25,31). The van der Waals surface area contributed by atoms with Gasteiger partial charge in [0.05, 0.1) is 6.54 Å². The number of nitrogens with zero attached hydrogens (tertiary/aromatic N) is 5. The molecule has 0 radical (unpaired) electrons. The number of anilines is 2. The average Bonchev–Trinajstić information content (AvgIpc) is 2.79. The molecule has 3 aromatic rings. The molecule has 2 amide bonds. The first-order valence-electron chi connectivity index (χ1n) is 10.5. The van der Waals surface area contributed by atoms with E-state index in [2.05, 4.69) is 31.0 Å². The van der Waals surface area contributed by atoms with E-state index in [0.29, 0.717) is 17.3 Å². The molecule has 0 aliphatic carbocycles. The van der Waals surface area contributed by atoms with E-state index in [1.807, 2.05) is 31.3 Å². The van der Waals surface area contributed by atoms with Crippen molar-refractivity contribution in [1.82, 2.24) is 25.3 Å². The molecule has 1 heterocycles. The minimum absolute atomic E-state index is 0.0656. The zero-order valence-electron chi connectivity index (χ0n) is 19.7. The van der Waals surface area contributed by atoms with Crippen molar-refractivity contribution in [2.75, 3.05) is 24.7 Å². The summed E-state index contributed by atoms with van der Waals surface area (Å²) >= 11 is 0. The number of hydrogen-bond donors (Lipinski definition) is 2. The number of benzene rings is 2. The molecule has 0 aliphatic rings.